The third-order valence-electron chi connectivity index (χ3n) is 8.65. The first-order valence-corrected chi connectivity index (χ1v) is 18.1. The summed E-state index contributed by atoms with van der Waals surface area (Å²) in [6, 6.07) is 16.8. The lowest BCUT2D eigenvalue weighted by atomic mass is 9.85. The molecule has 0 heterocycles. The number of allylic oxidation sites excluding steroid dienone is 2. The second-order valence-corrected chi connectivity index (χ2v) is 17.9. The molecule has 3 rings (SSSR count). The fourth-order valence-electron chi connectivity index (χ4n) is 5.16. The van der Waals surface area contributed by atoms with E-state index in [1.807, 2.05) is 24.3 Å². The molecule has 2 aromatic carbocycles. The number of halogens is 1. The zero-order valence-electron chi connectivity index (χ0n) is 26.0. The highest BCUT2D eigenvalue weighted by molar-refractivity contribution is 6.74. The molecule has 2 aromatic rings. The highest BCUT2D eigenvalue weighted by Gasteiger charge is 2.48. The van der Waals surface area contributed by atoms with Crippen LogP contribution in [0.15, 0.2) is 60.7 Å². The van der Waals surface area contributed by atoms with E-state index in [1.54, 1.807) is 7.11 Å². The number of alkyl halides is 1. The minimum atomic E-state index is -1.98. The minimum Gasteiger partial charge on any atom is -0.497 e. The number of hydrogen-bond donors (Lipinski definition) is 0. The van der Waals surface area contributed by atoms with Gasteiger partial charge >= 0.3 is 5.97 Å². The molecule has 4 atom stereocenters. The maximum atomic E-state index is 11.4. The number of hydrogen-bond acceptors (Lipinski definition) is 5. The highest BCUT2D eigenvalue weighted by atomic mass is 35.5. The van der Waals surface area contributed by atoms with Crippen molar-refractivity contribution in [2.75, 3.05) is 14.2 Å². The predicted molar refractivity (Wildman–Crippen MR) is 170 cm³/mol. The second kappa shape index (κ2) is 15.4. The standard InChI is InChI=1S/C34H49ClO5Si/c1-34(2,3)41(6,7)40-31-22-30(35)29(12-10-8-9-11-13-32(36)38-5)33(31)27-18-14-25(15-19-27)23-39-24-26-16-20-28(37-4)21-17-26/h8,10,14-21,29-31,33H,9,11-13,22-24H2,1-7H3/t29-,30+,31+,33+/m0/s1. The molecule has 0 unspecified atom stereocenters. The van der Waals surface area contributed by atoms with E-state index in [-0.39, 0.29) is 34.3 Å². The number of benzene rings is 2. The summed E-state index contributed by atoms with van der Waals surface area (Å²) in [5.41, 5.74) is 3.54. The molecule has 0 aliphatic heterocycles. The zero-order chi connectivity index (χ0) is 30.0. The fourth-order valence-corrected chi connectivity index (χ4v) is 6.95. The Hall–Kier alpha value is -2.12. The van der Waals surface area contributed by atoms with Crippen molar-refractivity contribution in [3.63, 3.8) is 0 Å². The van der Waals surface area contributed by atoms with Gasteiger partial charge in [0.1, 0.15) is 5.75 Å². The van der Waals surface area contributed by atoms with E-state index in [0.29, 0.717) is 19.6 Å². The van der Waals surface area contributed by atoms with Crippen LogP contribution in [-0.4, -0.2) is 40.0 Å². The van der Waals surface area contributed by atoms with E-state index in [2.05, 4.69) is 70.3 Å². The van der Waals surface area contributed by atoms with Crippen molar-refractivity contribution in [2.45, 2.75) is 102 Å². The van der Waals surface area contributed by atoms with Gasteiger partial charge in [0.25, 0.3) is 0 Å². The van der Waals surface area contributed by atoms with Crippen LogP contribution in [0, 0.1) is 5.92 Å². The van der Waals surface area contributed by atoms with Crippen molar-refractivity contribution in [1.29, 1.82) is 0 Å². The first-order chi connectivity index (χ1) is 19.4. The third kappa shape index (κ3) is 9.70. The number of unbranched alkanes of at least 4 members (excludes halogenated alkanes) is 1. The van der Waals surface area contributed by atoms with E-state index in [1.165, 1.54) is 12.7 Å². The molecule has 0 saturated heterocycles. The van der Waals surface area contributed by atoms with E-state index < -0.39 is 8.32 Å². The molecule has 1 aliphatic rings. The normalized spacial score (nSPS) is 21.4. The monoisotopic (exact) mass is 600 g/mol. The Morgan fingerprint density at radius 1 is 0.976 bits per heavy atom. The number of carbonyl (C=O) groups is 1. The summed E-state index contributed by atoms with van der Waals surface area (Å²) in [6.45, 7) is 12.6. The summed E-state index contributed by atoms with van der Waals surface area (Å²) in [7, 11) is 1.12. The number of carbonyl (C=O) groups excluding carboxylic acids is 1. The van der Waals surface area contributed by atoms with Crippen LogP contribution in [0.4, 0.5) is 0 Å². The van der Waals surface area contributed by atoms with Gasteiger partial charge in [0.15, 0.2) is 8.32 Å². The van der Waals surface area contributed by atoms with Gasteiger partial charge in [-0.25, -0.2) is 0 Å². The molecule has 0 N–H and O–H groups in total. The highest BCUT2D eigenvalue weighted by Crippen LogP contribution is 2.49. The van der Waals surface area contributed by atoms with Crippen LogP contribution in [0.2, 0.25) is 18.1 Å². The smallest absolute Gasteiger partial charge is 0.305 e. The molecule has 0 bridgehead atoms. The molecule has 226 valence electrons. The molecule has 5 nitrogen and oxygen atoms in total. The topological polar surface area (TPSA) is 54.0 Å². The zero-order valence-corrected chi connectivity index (χ0v) is 27.7. The summed E-state index contributed by atoms with van der Waals surface area (Å²) < 4.78 is 23.0. The van der Waals surface area contributed by atoms with Crippen LogP contribution in [0.3, 0.4) is 0 Å². The lowest BCUT2D eigenvalue weighted by Crippen LogP contribution is -2.44. The van der Waals surface area contributed by atoms with Gasteiger partial charge in [-0.05, 0) is 78.6 Å². The van der Waals surface area contributed by atoms with Crippen LogP contribution in [-0.2, 0) is 31.9 Å². The van der Waals surface area contributed by atoms with E-state index in [4.69, 9.17) is 30.2 Å². The average molecular weight is 601 g/mol. The van der Waals surface area contributed by atoms with Gasteiger partial charge in [-0.2, -0.15) is 0 Å². The van der Waals surface area contributed by atoms with Gasteiger partial charge in [-0.1, -0.05) is 69.3 Å². The lowest BCUT2D eigenvalue weighted by molar-refractivity contribution is -0.140. The Bertz CT molecular complexity index is 1110. The molecule has 0 aromatic heterocycles. The summed E-state index contributed by atoms with van der Waals surface area (Å²) in [5.74, 6) is 1.19. The van der Waals surface area contributed by atoms with Crippen molar-refractivity contribution in [2.24, 2.45) is 5.92 Å². The second-order valence-electron chi connectivity index (χ2n) is 12.6. The summed E-state index contributed by atoms with van der Waals surface area (Å²) >= 11 is 7.05. The fraction of sp³-hybridized carbons (Fsp3) is 0.559. The Morgan fingerprint density at radius 3 is 2.15 bits per heavy atom. The summed E-state index contributed by atoms with van der Waals surface area (Å²) in [4.78, 5) is 11.4. The van der Waals surface area contributed by atoms with Gasteiger partial charge < -0.3 is 18.6 Å². The molecule has 0 amide bonds. The van der Waals surface area contributed by atoms with E-state index >= 15 is 0 Å². The van der Waals surface area contributed by atoms with Crippen LogP contribution in [0.5, 0.6) is 5.75 Å². The molecular formula is C34H49ClO5Si. The van der Waals surface area contributed by atoms with Crippen molar-refractivity contribution in [3.05, 3.63) is 77.4 Å². The lowest BCUT2D eigenvalue weighted by Gasteiger charge is -2.40. The van der Waals surface area contributed by atoms with Crippen molar-refractivity contribution < 1.29 is 23.4 Å². The molecule has 0 spiro atoms. The van der Waals surface area contributed by atoms with Gasteiger partial charge in [-0.3, -0.25) is 4.79 Å². The quantitative estimate of drug-likeness (QED) is 0.0713. The molecule has 7 heteroatoms. The Balaban J connectivity index is 1.69. The summed E-state index contributed by atoms with van der Waals surface area (Å²) in [6.07, 6.45) is 8.34. The summed E-state index contributed by atoms with van der Waals surface area (Å²) in [5, 5.41) is 0.171. The van der Waals surface area contributed by atoms with Gasteiger partial charge in [-0.15, -0.1) is 11.6 Å². The van der Waals surface area contributed by atoms with E-state index in [9.17, 15) is 4.79 Å². The number of ether oxygens (including phenoxy) is 3. The Kier molecular flexibility index (Phi) is 12.5. The van der Waals surface area contributed by atoms with Crippen LogP contribution < -0.4 is 4.74 Å². The molecule has 1 aliphatic carbocycles. The predicted octanol–water partition coefficient (Wildman–Crippen LogP) is 8.80. The molecule has 41 heavy (non-hydrogen) atoms. The largest absolute Gasteiger partial charge is 0.497 e. The van der Waals surface area contributed by atoms with Crippen LogP contribution >= 0.6 is 11.6 Å². The third-order valence-corrected chi connectivity index (χ3v) is 13.7. The minimum absolute atomic E-state index is 0.0435. The number of methoxy groups -OCH3 is 2. The van der Waals surface area contributed by atoms with Gasteiger partial charge in [0.05, 0.1) is 33.5 Å². The molecular weight excluding hydrogens is 552 g/mol. The van der Waals surface area contributed by atoms with E-state index in [0.717, 1.165) is 42.6 Å². The molecule has 1 fully saturated rings. The van der Waals surface area contributed by atoms with Crippen molar-refractivity contribution >= 4 is 25.9 Å². The molecule has 1 saturated carbocycles. The SMILES string of the molecule is COC(=O)CCCC=CC[C@@H]1[C@@H](c2ccc(COCc3ccc(OC)cc3)cc2)[C@H](O[Si](C)(C)C(C)(C)C)C[C@H]1Cl. The van der Waals surface area contributed by atoms with Gasteiger partial charge in [0, 0.05) is 17.7 Å². The first kappa shape index (κ1) is 33.4. The maximum Gasteiger partial charge on any atom is 0.305 e. The van der Waals surface area contributed by atoms with Crippen LogP contribution in [0.1, 0.15) is 75.5 Å². The number of esters is 1. The first-order valence-electron chi connectivity index (χ1n) is 14.8. The Labute approximate surface area is 253 Å². The average Bonchev–Trinajstić information content (AvgIpc) is 3.24. The molecule has 0 radical (unpaired) electrons. The van der Waals surface area contributed by atoms with Crippen molar-refractivity contribution in [1.82, 2.24) is 0 Å². The maximum absolute atomic E-state index is 11.4. The van der Waals surface area contributed by atoms with Crippen molar-refractivity contribution in [3.8, 4) is 5.75 Å². The number of rotatable bonds is 14. The Morgan fingerprint density at radius 2 is 1.59 bits per heavy atom. The van der Waals surface area contributed by atoms with Crippen LogP contribution in [0.25, 0.3) is 0 Å². The van der Waals surface area contributed by atoms with Gasteiger partial charge in [0.2, 0.25) is 0 Å².